The molecule has 2 N–H and O–H groups in total. The maximum Gasteiger partial charge on any atom is 0.417 e. The number of nitrogens with one attached hydrogen (secondary N) is 1. The molecule has 7 nitrogen and oxygen atoms in total. The van der Waals surface area contributed by atoms with E-state index in [2.05, 4.69) is 4.98 Å². The summed E-state index contributed by atoms with van der Waals surface area (Å²) in [6, 6.07) is 3.79. The van der Waals surface area contributed by atoms with Crippen molar-refractivity contribution in [2.24, 2.45) is 5.92 Å². The highest BCUT2D eigenvalue weighted by Gasteiger charge is 2.65. The van der Waals surface area contributed by atoms with Gasteiger partial charge in [0.05, 0.1) is 18.3 Å². The van der Waals surface area contributed by atoms with Crippen LogP contribution in [0.3, 0.4) is 0 Å². The number of fused-ring (bicyclic) bond motifs is 1. The minimum atomic E-state index is -4.90. The van der Waals surface area contributed by atoms with E-state index in [1.54, 1.807) is 0 Å². The van der Waals surface area contributed by atoms with Gasteiger partial charge in [-0.25, -0.2) is 4.39 Å². The van der Waals surface area contributed by atoms with Crippen molar-refractivity contribution in [2.45, 2.75) is 37.6 Å². The van der Waals surface area contributed by atoms with Crippen LogP contribution in [0.5, 0.6) is 5.75 Å². The predicted octanol–water partition coefficient (Wildman–Crippen LogP) is 4.03. The minimum absolute atomic E-state index is 0.148. The molecule has 1 aliphatic rings. The number of hydrogen-bond acceptors (Lipinski definition) is 5. The summed E-state index contributed by atoms with van der Waals surface area (Å²) in [5, 5.41) is 10.4. The van der Waals surface area contributed by atoms with Crippen LogP contribution in [0.1, 0.15) is 37.1 Å². The first-order chi connectivity index (χ1) is 15.8. The van der Waals surface area contributed by atoms with Crippen LogP contribution in [0.4, 0.5) is 22.0 Å². The molecule has 3 heterocycles. The Hall–Kier alpha value is -3.41. The van der Waals surface area contributed by atoms with Gasteiger partial charge in [-0.05, 0) is 19.1 Å². The number of nitrogens with zero attached hydrogens (tertiary/aromatic N) is 1. The summed E-state index contributed by atoms with van der Waals surface area (Å²) in [7, 11) is 1.03. The fraction of sp³-hybridized carbons (Fsp3) is 0.364. The second-order valence-corrected chi connectivity index (χ2v) is 8.25. The highest BCUT2D eigenvalue weighted by molar-refractivity contribution is 5.77. The van der Waals surface area contributed by atoms with Gasteiger partial charge in [0.2, 0.25) is 5.82 Å². The number of ether oxygens (including phenoxy) is 2. The van der Waals surface area contributed by atoms with Crippen LogP contribution in [0.2, 0.25) is 0 Å². The number of alkyl halides is 3. The zero-order valence-corrected chi connectivity index (χ0v) is 18.0. The van der Waals surface area contributed by atoms with Crippen molar-refractivity contribution < 1.29 is 36.6 Å². The molecule has 12 heteroatoms. The van der Waals surface area contributed by atoms with Gasteiger partial charge in [0.25, 0.3) is 5.56 Å². The smallest absolute Gasteiger partial charge is 0.417 e. The summed E-state index contributed by atoms with van der Waals surface area (Å²) in [6.45, 7) is 2.01. The Labute approximate surface area is 188 Å². The van der Waals surface area contributed by atoms with Crippen molar-refractivity contribution in [3.05, 3.63) is 73.9 Å². The fourth-order valence-electron chi connectivity index (χ4n) is 4.56. The highest BCUT2D eigenvalue weighted by atomic mass is 19.4. The summed E-state index contributed by atoms with van der Waals surface area (Å²) < 4.78 is 81.5. The first-order valence-corrected chi connectivity index (χ1v) is 10.1. The molecule has 34 heavy (non-hydrogen) atoms. The zero-order chi connectivity index (χ0) is 25.2. The Morgan fingerprint density at radius 2 is 1.88 bits per heavy atom. The molecular formula is C22H19F5N2O5. The maximum atomic E-state index is 14.5. The largest absolute Gasteiger partial charge is 0.493 e. The lowest BCUT2D eigenvalue weighted by Gasteiger charge is -2.32. The lowest BCUT2D eigenvalue weighted by atomic mass is 9.76. The molecule has 0 aliphatic carbocycles. The maximum absolute atomic E-state index is 14.5. The summed E-state index contributed by atoms with van der Waals surface area (Å²) >= 11 is 0. The SMILES string of the molecule is COc1c([C@H]2[C@H](c3cc(=O)c4c(=O)[nH]ccc4n3O)O[C@@](C)(C(F)(F)F)[C@H]2C)ccc(F)c1F. The van der Waals surface area contributed by atoms with Gasteiger partial charge in [-0.3, -0.25) is 9.59 Å². The lowest BCUT2D eigenvalue weighted by Crippen LogP contribution is -2.46. The number of hydrogen-bond donors (Lipinski definition) is 2. The van der Waals surface area contributed by atoms with Crippen molar-refractivity contribution in [3.63, 3.8) is 0 Å². The van der Waals surface area contributed by atoms with Gasteiger partial charge in [0, 0.05) is 29.7 Å². The van der Waals surface area contributed by atoms with Crippen molar-refractivity contribution in [2.75, 3.05) is 7.11 Å². The van der Waals surface area contributed by atoms with E-state index in [9.17, 15) is 36.7 Å². The number of halogens is 5. The predicted molar refractivity (Wildman–Crippen MR) is 109 cm³/mol. The molecule has 3 aromatic rings. The molecule has 182 valence electrons. The molecule has 1 saturated heterocycles. The number of aromatic nitrogens is 2. The van der Waals surface area contributed by atoms with Gasteiger partial charge >= 0.3 is 6.18 Å². The Morgan fingerprint density at radius 1 is 1.21 bits per heavy atom. The summed E-state index contributed by atoms with van der Waals surface area (Å²) in [5.41, 5.74) is -5.29. The van der Waals surface area contributed by atoms with E-state index in [4.69, 9.17) is 9.47 Å². The molecule has 1 aromatic carbocycles. The third-order valence-electron chi connectivity index (χ3n) is 6.54. The minimum Gasteiger partial charge on any atom is -0.493 e. The molecule has 0 amide bonds. The highest BCUT2D eigenvalue weighted by Crippen LogP contribution is 2.59. The van der Waals surface area contributed by atoms with E-state index in [-0.39, 0.29) is 11.1 Å². The third kappa shape index (κ3) is 3.27. The average Bonchev–Trinajstić information content (AvgIpc) is 3.04. The van der Waals surface area contributed by atoms with E-state index < -0.39 is 69.2 Å². The molecule has 1 fully saturated rings. The number of pyridine rings is 2. The molecule has 4 rings (SSSR count). The molecule has 0 spiro atoms. The monoisotopic (exact) mass is 486 g/mol. The van der Waals surface area contributed by atoms with E-state index in [0.29, 0.717) is 4.73 Å². The van der Waals surface area contributed by atoms with Gasteiger partial charge in [0.15, 0.2) is 22.6 Å². The zero-order valence-electron chi connectivity index (χ0n) is 18.0. The lowest BCUT2D eigenvalue weighted by molar-refractivity contribution is -0.275. The van der Waals surface area contributed by atoms with Crippen molar-refractivity contribution in [1.82, 2.24) is 9.71 Å². The van der Waals surface area contributed by atoms with E-state index in [0.717, 1.165) is 38.4 Å². The number of aromatic amines is 1. The van der Waals surface area contributed by atoms with Crippen molar-refractivity contribution in [3.8, 4) is 5.75 Å². The Morgan fingerprint density at radius 3 is 2.50 bits per heavy atom. The van der Waals surface area contributed by atoms with Gasteiger partial charge in [-0.1, -0.05) is 13.0 Å². The van der Waals surface area contributed by atoms with Crippen molar-refractivity contribution in [1.29, 1.82) is 0 Å². The number of rotatable bonds is 3. The van der Waals surface area contributed by atoms with Crippen molar-refractivity contribution >= 4 is 10.9 Å². The van der Waals surface area contributed by atoms with Crippen LogP contribution < -0.4 is 15.7 Å². The molecule has 0 bridgehead atoms. The molecule has 2 aromatic heterocycles. The average molecular weight is 486 g/mol. The molecule has 0 saturated carbocycles. The first-order valence-electron chi connectivity index (χ1n) is 10.1. The van der Waals surface area contributed by atoms with E-state index >= 15 is 0 Å². The van der Waals surface area contributed by atoms with Gasteiger partial charge in [-0.2, -0.15) is 22.3 Å². The molecular weight excluding hydrogens is 467 g/mol. The first kappa shape index (κ1) is 23.7. The molecule has 0 radical (unpaired) electrons. The van der Waals surface area contributed by atoms with Crippen LogP contribution in [-0.4, -0.2) is 33.8 Å². The van der Waals surface area contributed by atoms with E-state index in [1.807, 2.05) is 0 Å². The normalized spacial score (nSPS) is 25.1. The summed E-state index contributed by atoms with van der Waals surface area (Å²) in [6.07, 6.45) is -5.41. The number of H-pyrrole nitrogens is 1. The molecule has 0 unspecified atom stereocenters. The van der Waals surface area contributed by atoms with Crippen LogP contribution >= 0.6 is 0 Å². The Balaban J connectivity index is 2.03. The fourth-order valence-corrected chi connectivity index (χ4v) is 4.56. The third-order valence-corrected chi connectivity index (χ3v) is 6.54. The Kier molecular flexibility index (Phi) is 5.46. The quantitative estimate of drug-likeness (QED) is 0.431. The molecule has 1 aliphatic heterocycles. The number of methoxy groups -OCH3 is 1. The van der Waals surface area contributed by atoms with Gasteiger partial charge in [0.1, 0.15) is 11.5 Å². The van der Waals surface area contributed by atoms with E-state index in [1.165, 1.54) is 13.0 Å². The second-order valence-electron chi connectivity index (χ2n) is 8.25. The van der Waals surface area contributed by atoms with Crippen LogP contribution in [0.15, 0.2) is 40.1 Å². The summed E-state index contributed by atoms with van der Waals surface area (Å²) in [5.74, 6) is -6.04. The van der Waals surface area contributed by atoms with Crippen LogP contribution in [0.25, 0.3) is 10.9 Å². The standard InChI is InChI=1S/C22H19F5N2O5/c1-9-15(10-4-5-11(23)17(24)18(10)33-3)19(34-21(9,2)22(25,26)27)13-8-14(30)16-12(29(13)32)6-7-28-20(16)31/h4-9,15,19,32H,1-3H3,(H,28,31)/t9-,15-,19-,21+/m0/s1. The topological polar surface area (TPSA) is 93.6 Å². The van der Waals surface area contributed by atoms with Crippen LogP contribution in [-0.2, 0) is 4.74 Å². The van der Waals surface area contributed by atoms with Crippen LogP contribution in [0, 0.1) is 17.6 Å². The second kappa shape index (κ2) is 7.83. The van der Waals surface area contributed by atoms with Gasteiger partial charge in [-0.15, -0.1) is 0 Å². The van der Waals surface area contributed by atoms with Gasteiger partial charge < -0.3 is 19.7 Å². The Bertz CT molecular complexity index is 1400. The molecule has 4 atom stereocenters. The summed E-state index contributed by atoms with van der Waals surface area (Å²) in [4.78, 5) is 27.0. The number of benzene rings is 1.